The highest BCUT2D eigenvalue weighted by Crippen LogP contribution is 2.31. The Morgan fingerprint density at radius 1 is 1.40 bits per heavy atom. The van der Waals surface area contributed by atoms with Gasteiger partial charge in [-0.2, -0.15) is 0 Å². The van der Waals surface area contributed by atoms with Crippen LogP contribution in [0.4, 0.5) is 11.5 Å². The SMILES string of the molecule is O=C1Nc2cccnc2N2C=CNC=C12. The van der Waals surface area contributed by atoms with Gasteiger partial charge in [-0.1, -0.05) is 0 Å². The van der Waals surface area contributed by atoms with E-state index in [0.717, 1.165) is 11.5 Å². The summed E-state index contributed by atoms with van der Waals surface area (Å²) in [4.78, 5) is 17.7. The van der Waals surface area contributed by atoms with Gasteiger partial charge in [0.15, 0.2) is 5.82 Å². The number of hydrogen-bond donors (Lipinski definition) is 2. The van der Waals surface area contributed by atoms with Gasteiger partial charge < -0.3 is 10.6 Å². The lowest BCUT2D eigenvalue weighted by molar-refractivity contribution is -0.113. The zero-order valence-corrected chi connectivity index (χ0v) is 7.77. The third-order valence-corrected chi connectivity index (χ3v) is 2.30. The lowest BCUT2D eigenvalue weighted by Gasteiger charge is -2.30. The molecule has 3 heterocycles. The van der Waals surface area contributed by atoms with Crippen molar-refractivity contribution in [1.29, 1.82) is 0 Å². The molecule has 3 rings (SSSR count). The number of amides is 1. The van der Waals surface area contributed by atoms with Gasteiger partial charge in [0, 0.05) is 24.8 Å². The van der Waals surface area contributed by atoms with Gasteiger partial charge in [-0.05, 0) is 12.1 Å². The minimum atomic E-state index is -0.132. The average molecular weight is 200 g/mol. The Hall–Kier alpha value is -2.30. The van der Waals surface area contributed by atoms with E-state index in [0.29, 0.717) is 5.70 Å². The Bertz CT molecular complexity index is 492. The summed E-state index contributed by atoms with van der Waals surface area (Å²) in [6.07, 6.45) is 6.87. The molecule has 0 aliphatic carbocycles. The van der Waals surface area contributed by atoms with Crippen LogP contribution in [0.15, 0.2) is 42.6 Å². The van der Waals surface area contributed by atoms with Crippen molar-refractivity contribution in [2.75, 3.05) is 10.2 Å². The number of carbonyl (C=O) groups excluding carboxylic acids is 1. The molecule has 15 heavy (non-hydrogen) atoms. The van der Waals surface area contributed by atoms with Crippen molar-refractivity contribution in [3.8, 4) is 0 Å². The van der Waals surface area contributed by atoms with Crippen LogP contribution in [-0.2, 0) is 4.79 Å². The first-order chi connectivity index (χ1) is 7.36. The van der Waals surface area contributed by atoms with E-state index in [9.17, 15) is 4.79 Å². The van der Waals surface area contributed by atoms with Gasteiger partial charge >= 0.3 is 0 Å². The molecular formula is C10H8N4O. The molecule has 0 spiro atoms. The molecule has 0 aromatic carbocycles. The van der Waals surface area contributed by atoms with Crippen LogP contribution in [0.3, 0.4) is 0 Å². The van der Waals surface area contributed by atoms with Crippen molar-refractivity contribution in [1.82, 2.24) is 10.3 Å². The van der Waals surface area contributed by atoms with Crippen LogP contribution in [0.1, 0.15) is 0 Å². The fraction of sp³-hybridized carbons (Fsp3) is 0. The summed E-state index contributed by atoms with van der Waals surface area (Å²) in [6, 6.07) is 3.62. The Kier molecular flexibility index (Phi) is 1.53. The number of anilines is 2. The molecule has 1 aromatic rings. The van der Waals surface area contributed by atoms with Crippen molar-refractivity contribution >= 4 is 17.4 Å². The van der Waals surface area contributed by atoms with Gasteiger partial charge in [0.25, 0.3) is 5.91 Å². The van der Waals surface area contributed by atoms with Crippen LogP contribution in [0, 0.1) is 0 Å². The molecule has 0 saturated heterocycles. The quantitative estimate of drug-likeness (QED) is 0.649. The van der Waals surface area contributed by atoms with Crippen LogP contribution in [-0.4, -0.2) is 10.9 Å². The zero-order valence-electron chi connectivity index (χ0n) is 7.77. The van der Waals surface area contributed by atoms with Gasteiger partial charge in [0.1, 0.15) is 5.70 Å². The van der Waals surface area contributed by atoms with Crippen LogP contribution in [0.25, 0.3) is 0 Å². The van der Waals surface area contributed by atoms with E-state index < -0.39 is 0 Å². The predicted octanol–water partition coefficient (Wildman–Crippen LogP) is 0.756. The van der Waals surface area contributed by atoms with E-state index in [1.807, 2.05) is 6.07 Å². The molecule has 1 amide bonds. The lowest BCUT2D eigenvalue weighted by atomic mass is 10.2. The second-order valence-corrected chi connectivity index (χ2v) is 3.21. The number of hydrogen-bond acceptors (Lipinski definition) is 4. The van der Waals surface area contributed by atoms with E-state index in [1.165, 1.54) is 0 Å². The average Bonchev–Trinajstić information content (AvgIpc) is 2.30. The number of fused-ring (bicyclic) bond motifs is 3. The number of rotatable bonds is 0. The maximum Gasteiger partial charge on any atom is 0.274 e. The first-order valence-corrected chi connectivity index (χ1v) is 4.55. The van der Waals surface area contributed by atoms with E-state index in [-0.39, 0.29) is 5.91 Å². The van der Waals surface area contributed by atoms with E-state index in [2.05, 4.69) is 15.6 Å². The molecule has 1 aromatic heterocycles. The van der Waals surface area contributed by atoms with Crippen molar-refractivity contribution in [2.45, 2.75) is 0 Å². The van der Waals surface area contributed by atoms with Crippen molar-refractivity contribution in [3.05, 3.63) is 42.6 Å². The van der Waals surface area contributed by atoms with E-state index >= 15 is 0 Å². The summed E-state index contributed by atoms with van der Waals surface area (Å²) >= 11 is 0. The monoisotopic (exact) mass is 200 g/mol. The minimum Gasteiger partial charge on any atom is -0.364 e. The highest BCUT2D eigenvalue weighted by atomic mass is 16.2. The number of nitrogens with one attached hydrogen (secondary N) is 2. The maximum atomic E-state index is 11.7. The Morgan fingerprint density at radius 2 is 2.33 bits per heavy atom. The van der Waals surface area contributed by atoms with Crippen LogP contribution in [0.5, 0.6) is 0 Å². The molecule has 0 bridgehead atoms. The third-order valence-electron chi connectivity index (χ3n) is 2.30. The maximum absolute atomic E-state index is 11.7. The minimum absolute atomic E-state index is 0.132. The highest BCUT2D eigenvalue weighted by molar-refractivity contribution is 6.11. The van der Waals surface area contributed by atoms with Crippen molar-refractivity contribution < 1.29 is 4.79 Å². The highest BCUT2D eigenvalue weighted by Gasteiger charge is 2.27. The Morgan fingerprint density at radius 3 is 3.27 bits per heavy atom. The van der Waals surface area contributed by atoms with Gasteiger partial charge in [0.2, 0.25) is 0 Å². The van der Waals surface area contributed by atoms with Gasteiger partial charge in [-0.15, -0.1) is 0 Å². The van der Waals surface area contributed by atoms with Crippen molar-refractivity contribution in [2.24, 2.45) is 0 Å². The molecule has 2 aliphatic heterocycles. The normalized spacial score (nSPS) is 17.2. The second-order valence-electron chi connectivity index (χ2n) is 3.21. The Labute approximate surface area is 86.1 Å². The number of nitrogens with zero attached hydrogens (tertiary/aromatic N) is 2. The summed E-state index contributed by atoms with van der Waals surface area (Å²) in [5.41, 5.74) is 1.27. The number of pyridine rings is 1. The zero-order chi connectivity index (χ0) is 10.3. The van der Waals surface area contributed by atoms with Crippen LogP contribution < -0.4 is 15.5 Å². The molecular weight excluding hydrogens is 192 g/mol. The standard InChI is InChI=1S/C10H8N4O/c15-10-8-6-11-4-5-14(8)9-7(13-10)2-1-3-12-9/h1-6,11H,(H,13,15). The largest absolute Gasteiger partial charge is 0.364 e. The lowest BCUT2D eigenvalue weighted by Crippen LogP contribution is -2.36. The molecule has 74 valence electrons. The molecule has 0 saturated carbocycles. The number of aromatic nitrogens is 1. The van der Waals surface area contributed by atoms with E-state index in [4.69, 9.17) is 0 Å². The Balaban J connectivity index is 2.19. The van der Waals surface area contributed by atoms with E-state index in [1.54, 1.807) is 35.8 Å². The topological polar surface area (TPSA) is 57.3 Å². The number of carbonyl (C=O) groups is 1. The summed E-state index contributed by atoms with van der Waals surface area (Å²) in [5.74, 6) is 0.605. The third kappa shape index (κ3) is 1.10. The molecule has 2 N–H and O–H groups in total. The first-order valence-electron chi connectivity index (χ1n) is 4.55. The van der Waals surface area contributed by atoms with Gasteiger partial charge in [-0.3, -0.25) is 9.69 Å². The first kappa shape index (κ1) is 8.05. The van der Waals surface area contributed by atoms with Gasteiger partial charge in [0.05, 0.1) is 5.69 Å². The fourth-order valence-corrected chi connectivity index (χ4v) is 1.63. The summed E-state index contributed by atoms with van der Waals surface area (Å²) < 4.78 is 0. The molecule has 0 atom stereocenters. The summed E-state index contributed by atoms with van der Waals surface area (Å²) in [6.45, 7) is 0. The molecule has 0 unspecified atom stereocenters. The molecule has 0 radical (unpaired) electrons. The molecule has 2 aliphatic rings. The van der Waals surface area contributed by atoms with Crippen molar-refractivity contribution in [3.63, 3.8) is 0 Å². The second kappa shape index (κ2) is 2.84. The van der Waals surface area contributed by atoms with Gasteiger partial charge in [-0.25, -0.2) is 4.98 Å². The molecule has 0 fully saturated rings. The predicted molar refractivity (Wildman–Crippen MR) is 55.7 cm³/mol. The van der Waals surface area contributed by atoms with Crippen LogP contribution >= 0.6 is 0 Å². The fourth-order valence-electron chi connectivity index (χ4n) is 1.63. The van der Waals surface area contributed by atoms with Crippen LogP contribution in [0.2, 0.25) is 0 Å². The summed E-state index contributed by atoms with van der Waals surface area (Å²) in [7, 11) is 0. The summed E-state index contributed by atoms with van der Waals surface area (Å²) in [5, 5.41) is 5.65. The molecule has 5 nitrogen and oxygen atoms in total. The smallest absolute Gasteiger partial charge is 0.274 e. The molecule has 5 heteroatoms.